The zero-order chi connectivity index (χ0) is 18.5. The number of aromatic nitrogens is 2. The van der Waals surface area contributed by atoms with Crippen LogP contribution in [0, 0.1) is 24.1 Å². The van der Waals surface area contributed by atoms with E-state index in [1.807, 2.05) is 12.1 Å². The van der Waals surface area contributed by atoms with E-state index in [1.54, 1.807) is 13.0 Å². The van der Waals surface area contributed by atoms with Crippen molar-refractivity contribution in [1.82, 2.24) is 15.0 Å². The van der Waals surface area contributed by atoms with Crippen LogP contribution in [0.25, 0.3) is 0 Å². The second kappa shape index (κ2) is 8.28. The zero-order valence-corrected chi connectivity index (χ0v) is 15.3. The van der Waals surface area contributed by atoms with Gasteiger partial charge in [0.15, 0.2) is 5.82 Å². The fraction of sp³-hybridized carbons (Fsp3) is 0.526. The van der Waals surface area contributed by atoms with Gasteiger partial charge in [-0.05, 0) is 37.9 Å². The highest BCUT2D eigenvalue weighted by atomic mass is 19.1. The Labute approximate surface area is 153 Å². The minimum atomic E-state index is -0.451. The highest BCUT2D eigenvalue weighted by Crippen LogP contribution is 2.27. The Morgan fingerprint density at radius 1 is 1.38 bits per heavy atom. The Bertz CT molecular complexity index is 784. The van der Waals surface area contributed by atoms with Crippen LogP contribution in [0.3, 0.4) is 0 Å². The van der Waals surface area contributed by atoms with Crippen molar-refractivity contribution in [3.8, 4) is 6.07 Å². The molecule has 26 heavy (non-hydrogen) atoms. The van der Waals surface area contributed by atoms with Gasteiger partial charge in [-0.2, -0.15) is 10.2 Å². The van der Waals surface area contributed by atoms with E-state index < -0.39 is 5.82 Å². The van der Waals surface area contributed by atoms with Gasteiger partial charge in [0.2, 0.25) is 5.89 Å². The summed E-state index contributed by atoms with van der Waals surface area (Å²) in [6, 6.07) is 7.26. The Hall–Kier alpha value is -2.46. The number of nitrogens with zero attached hydrogens (tertiary/aromatic N) is 5. The summed E-state index contributed by atoms with van der Waals surface area (Å²) in [7, 11) is 0. The van der Waals surface area contributed by atoms with Gasteiger partial charge in [0, 0.05) is 26.1 Å². The number of halogens is 1. The molecule has 1 aliphatic heterocycles. The molecule has 2 aromatic rings. The Balaban J connectivity index is 1.69. The van der Waals surface area contributed by atoms with Crippen molar-refractivity contribution in [2.45, 2.75) is 45.7 Å². The summed E-state index contributed by atoms with van der Waals surface area (Å²) < 4.78 is 19.0. The maximum atomic E-state index is 13.9. The van der Waals surface area contributed by atoms with Crippen LogP contribution in [-0.4, -0.2) is 40.7 Å². The molecule has 1 aromatic heterocycles. The molecule has 0 saturated carbocycles. The van der Waals surface area contributed by atoms with Gasteiger partial charge in [0.05, 0.1) is 12.2 Å². The van der Waals surface area contributed by atoms with E-state index in [-0.39, 0.29) is 5.56 Å². The van der Waals surface area contributed by atoms with E-state index in [2.05, 4.69) is 26.9 Å². The number of benzene rings is 1. The second-order valence-electron chi connectivity index (χ2n) is 6.61. The van der Waals surface area contributed by atoms with E-state index in [0.717, 1.165) is 38.9 Å². The highest BCUT2D eigenvalue weighted by molar-refractivity contribution is 5.59. The van der Waals surface area contributed by atoms with Crippen molar-refractivity contribution in [3.05, 3.63) is 41.3 Å². The third-order valence-electron chi connectivity index (χ3n) is 4.98. The topological polar surface area (TPSA) is 69.2 Å². The maximum Gasteiger partial charge on any atom is 0.223 e. The summed E-state index contributed by atoms with van der Waals surface area (Å²) in [5, 5.41) is 13.3. The molecule has 0 N–H and O–H groups in total. The van der Waals surface area contributed by atoms with Gasteiger partial charge in [-0.25, -0.2) is 4.39 Å². The molecule has 2 heterocycles. The van der Waals surface area contributed by atoms with Gasteiger partial charge in [0.1, 0.15) is 17.4 Å². The normalized spacial score (nSPS) is 18.0. The summed E-state index contributed by atoms with van der Waals surface area (Å²) in [6.07, 6.45) is 3.00. The van der Waals surface area contributed by atoms with Gasteiger partial charge in [-0.15, -0.1) is 0 Å². The summed E-state index contributed by atoms with van der Waals surface area (Å²) in [6.45, 7) is 7.12. The monoisotopic (exact) mass is 357 g/mol. The lowest BCUT2D eigenvalue weighted by molar-refractivity contribution is 0.176. The van der Waals surface area contributed by atoms with Crippen LogP contribution in [0.15, 0.2) is 22.7 Å². The first-order chi connectivity index (χ1) is 12.6. The lowest BCUT2D eigenvalue weighted by atomic mass is 10.1. The van der Waals surface area contributed by atoms with Crippen LogP contribution in [0.5, 0.6) is 0 Å². The first kappa shape index (κ1) is 18.3. The molecular weight excluding hydrogens is 333 g/mol. The van der Waals surface area contributed by atoms with Crippen molar-refractivity contribution in [3.63, 3.8) is 0 Å². The molecule has 0 aliphatic carbocycles. The summed E-state index contributed by atoms with van der Waals surface area (Å²) in [5.74, 6) is 0.842. The molecule has 0 bridgehead atoms. The highest BCUT2D eigenvalue weighted by Gasteiger charge is 2.24. The summed E-state index contributed by atoms with van der Waals surface area (Å²) >= 11 is 0. The van der Waals surface area contributed by atoms with Crippen LogP contribution < -0.4 is 4.90 Å². The number of nitriles is 1. The van der Waals surface area contributed by atoms with Crippen LogP contribution >= 0.6 is 0 Å². The minimum absolute atomic E-state index is 0.139. The fourth-order valence-corrected chi connectivity index (χ4v) is 3.66. The SMILES string of the molecule is CCN(Cc1noc(C)n1)C1CCCN(c2cccc(F)c2C#N)CC1. The molecule has 0 radical (unpaired) electrons. The molecule has 1 aliphatic rings. The lowest BCUT2D eigenvalue weighted by Crippen LogP contribution is -2.36. The fourth-order valence-electron chi connectivity index (χ4n) is 3.66. The Morgan fingerprint density at radius 3 is 2.92 bits per heavy atom. The largest absolute Gasteiger partial charge is 0.370 e. The summed E-state index contributed by atoms with van der Waals surface area (Å²) in [4.78, 5) is 8.80. The van der Waals surface area contributed by atoms with E-state index in [0.29, 0.717) is 30.0 Å². The van der Waals surface area contributed by atoms with Gasteiger partial charge in [-0.3, -0.25) is 4.90 Å². The van der Waals surface area contributed by atoms with Crippen LogP contribution in [0.1, 0.15) is 43.5 Å². The number of aryl methyl sites for hydroxylation is 1. The molecule has 1 saturated heterocycles. The Morgan fingerprint density at radius 2 is 2.23 bits per heavy atom. The smallest absolute Gasteiger partial charge is 0.223 e. The summed E-state index contributed by atoms with van der Waals surface area (Å²) in [5.41, 5.74) is 0.838. The Kier molecular flexibility index (Phi) is 5.84. The van der Waals surface area contributed by atoms with Crippen molar-refractivity contribution < 1.29 is 8.91 Å². The van der Waals surface area contributed by atoms with Gasteiger partial charge < -0.3 is 9.42 Å². The molecule has 0 amide bonds. The molecule has 3 rings (SSSR count). The predicted molar refractivity (Wildman–Crippen MR) is 96.1 cm³/mol. The van der Waals surface area contributed by atoms with Crippen LogP contribution in [-0.2, 0) is 6.54 Å². The molecule has 1 atom stereocenters. The molecule has 6 nitrogen and oxygen atoms in total. The quantitative estimate of drug-likeness (QED) is 0.818. The average molecular weight is 357 g/mol. The average Bonchev–Trinajstić information content (AvgIpc) is 2.90. The van der Waals surface area contributed by atoms with E-state index in [4.69, 9.17) is 4.52 Å². The second-order valence-corrected chi connectivity index (χ2v) is 6.61. The van der Waals surface area contributed by atoms with Gasteiger partial charge in [-0.1, -0.05) is 18.1 Å². The number of hydrogen-bond donors (Lipinski definition) is 0. The van der Waals surface area contributed by atoms with Crippen LogP contribution in [0.2, 0.25) is 0 Å². The molecule has 7 heteroatoms. The van der Waals surface area contributed by atoms with E-state index >= 15 is 0 Å². The third kappa shape index (κ3) is 4.02. The molecule has 1 aromatic carbocycles. The van der Waals surface area contributed by atoms with E-state index in [9.17, 15) is 9.65 Å². The number of anilines is 1. The molecule has 0 spiro atoms. The molecule has 1 fully saturated rings. The first-order valence-electron chi connectivity index (χ1n) is 9.09. The predicted octanol–water partition coefficient (Wildman–Crippen LogP) is 3.27. The van der Waals surface area contributed by atoms with Gasteiger partial charge in [0.25, 0.3) is 0 Å². The number of rotatable bonds is 5. The van der Waals surface area contributed by atoms with Crippen molar-refractivity contribution >= 4 is 5.69 Å². The maximum absolute atomic E-state index is 13.9. The number of hydrogen-bond acceptors (Lipinski definition) is 6. The van der Waals surface area contributed by atoms with E-state index in [1.165, 1.54) is 6.07 Å². The van der Waals surface area contributed by atoms with Crippen molar-refractivity contribution in [1.29, 1.82) is 5.26 Å². The minimum Gasteiger partial charge on any atom is -0.370 e. The van der Waals surface area contributed by atoms with Crippen molar-refractivity contribution in [2.24, 2.45) is 0 Å². The molecule has 138 valence electrons. The lowest BCUT2D eigenvalue weighted by Gasteiger charge is -2.29. The van der Waals surface area contributed by atoms with Gasteiger partial charge >= 0.3 is 0 Å². The standard InChI is InChI=1S/C19H24FN5O/c1-3-24(13-19-22-14(2)26-23-19)15-6-5-10-25(11-9-15)18-8-4-7-17(20)16(18)12-21/h4,7-8,15H,3,5-6,9-11,13H2,1-2H3. The third-order valence-corrected chi connectivity index (χ3v) is 4.98. The van der Waals surface area contributed by atoms with Crippen molar-refractivity contribution in [2.75, 3.05) is 24.5 Å². The zero-order valence-electron chi connectivity index (χ0n) is 15.3. The molecule has 1 unspecified atom stereocenters. The first-order valence-corrected chi connectivity index (χ1v) is 9.09. The molecular formula is C19H24FN5O. The van der Waals surface area contributed by atoms with Crippen LogP contribution in [0.4, 0.5) is 10.1 Å².